The highest BCUT2D eigenvalue weighted by atomic mass is 32.2. The fourth-order valence-corrected chi connectivity index (χ4v) is 3.93. The van der Waals surface area contributed by atoms with Gasteiger partial charge in [-0.15, -0.1) is 0 Å². The van der Waals surface area contributed by atoms with Crippen molar-refractivity contribution in [2.24, 2.45) is 5.92 Å². The van der Waals surface area contributed by atoms with Crippen LogP contribution in [0.3, 0.4) is 0 Å². The Balaban J connectivity index is 2.36. The average molecular weight is 389 g/mol. The molecule has 0 saturated heterocycles. The molecule has 0 aliphatic carbocycles. The molecular weight excluding hydrogens is 360 g/mol. The lowest BCUT2D eigenvalue weighted by atomic mass is 10.1. The highest BCUT2D eigenvalue weighted by Gasteiger charge is 2.21. The quantitative estimate of drug-likeness (QED) is 0.779. The second kappa shape index (κ2) is 8.13. The van der Waals surface area contributed by atoms with Gasteiger partial charge in [0.05, 0.1) is 10.6 Å². The predicted octanol–water partition coefficient (Wildman–Crippen LogP) is 4.19. The Hall–Kier alpha value is -2.34. The van der Waals surface area contributed by atoms with E-state index in [2.05, 4.69) is 10.0 Å². The standard InChI is InChI=1S/C21H28N2O3S/c1-13(2)17(6)22-21(24)18-10-9-16(5)20(12-18)27(25,26)23-19-11-14(3)7-8-15(19)4/h7-13,17,23H,1-6H3,(H,22,24)/t17-/m1/s1. The Morgan fingerprint density at radius 1 is 0.926 bits per heavy atom. The van der Waals surface area contributed by atoms with E-state index in [0.717, 1.165) is 11.1 Å². The number of nitrogens with one attached hydrogen (secondary N) is 2. The van der Waals surface area contributed by atoms with Gasteiger partial charge in [0, 0.05) is 11.6 Å². The molecule has 0 spiro atoms. The first-order valence-electron chi connectivity index (χ1n) is 9.03. The maximum Gasteiger partial charge on any atom is 0.262 e. The minimum Gasteiger partial charge on any atom is -0.349 e. The van der Waals surface area contributed by atoms with Crippen LogP contribution in [-0.2, 0) is 10.0 Å². The summed E-state index contributed by atoms with van der Waals surface area (Å²) in [6.07, 6.45) is 0. The number of anilines is 1. The molecule has 0 radical (unpaired) electrons. The average Bonchev–Trinajstić information content (AvgIpc) is 2.57. The van der Waals surface area contributed by atoms with Crippen molar-refractivity contribution in [2.75, 3.05) is 4.72 Å². The van der Waals surface area contributed by atoms with Gasteiger partial charge in [0.1, 0.15) is 0 Å². The van der Waals surface area contributed by atoms with Crippen molar-refractivity contribution in [3.05, 3.63) is 58.7 Å². The summed E-state index contributed by atoms with van der Waals surface area (Å²) in [7, 11) is -3.81. The maximum absolute atomic E-state index is 12.9. The van der Waals surface area contributed by atoms with Crippen molar-refractivity contribution in [3.63, 3.8) is 0 Å². The molecule has 6 heteroatoms. The van der Waals surface area contributed by atoms with Crippen LogP contribution in [0.2, 0.25) is 0 Å². The van der Waals surface area contributed by atoms with E-state index in [0.29, 0.717) is 16.8 Å². The fraction of sp³-hybridized carbons (Fsp3) is 0.381. The number of amides is 1. The molecule has 0 aliphatic heterocycles. The number of hydrogen-bond acceptors (Lipinski definition) is 3. The number of hydrogen-bond donors (Lipinski definition) is 2. The van der Waals surface area contributed by atoms with Crippen LogP contribution in [0.4, 0.5) is 5.69 Å². The summed E-state index contributed by atoms with van der Waals surface area (Å²) in [6, 6.07) is 10.3. The van der Waals surface area contributed by atoms with Gasteiger partial charge < -0.3 is 5.32 Å². The van der Waals surface area contributed by atoms with E-state index in [9.17, 15) is 13.2 Å². The molecule has 0 aromatic heterocycles. The summed E-state index contributed by atoms with van der Waals surface area (Å²) in [5, 5.41) is 2.91. The third-order valence-electron chi connectivity index (χ3n) is 4.74. The van der Waals surface area contributed by atoms with E-state index in [1.807, 2.05) is 46.8 Å². The second-order valence-corrected chi connectivity index (χ2v) is 9.06. The summed E-state index contributed by atoms with van der Waals surface area (Å²) in [5.74, 6) is 0.00736. The molecule has 0 bridgehead atoms. The lowest BCUT2D eigenvalue weighted by molar-refractivity contribution is 0.0930. The van der Waals surface area contributed by atoms with Gasteiger partial charge in [-0.3, -0.25) is 9.52 Å². The number of benzene rings is 2. The van der Waals surface area contributed by atoms with Gasteiger partial charge in [-0.1, -0.05) is 32.0 Å². The zero-order valence-corrected chi connectivity index (χ0v) is 17.6. The largest absolute Gasteiger partial charge is 0.349 e. The SMILES string of the molecule is Cc1ccc(C)c(NS(=O)(=O)c2cc(C(=O)N[C@H](C)C(C)C)ccc2C)c1. The molecule has 146 valence electrons. The Bertz CT molecular complexity index is 950. The summed E-state index contributed by atoms with van der Waals surface area (Å²) in [5.41, 5.74) is 3.25. The number of rotatable bonds is 6. The molecule has 1 amide bonds. The van der Waals surface area contributed by atoms with Crippen molar-refractivity contribution < 1.29 is 13.2 Å². The molecule has 2 aromatic rings. The van der Waals surface area contributed by atoms with Crippen LogP contribution in [0.5, 0.6) is 0 Å². The Labute approximate surface area is 162 Å². The number of carbonyl (C=O) groups excluding carboxylic acids is 1. The zero-order valence-electron chi connectivity index (χ0n) is 16.8. The van der Waals surface area contributed by atoms with Crippen molar-refractivity contribution in [2.45, 2.75) is 52.5 Å². The number of carbonyl (C=O) groups is 1. The lowest BCUT2D eigenvalue weighted by Crippen LogP contribution is -2.36. The topological polar surface area (TPSA) is 75.3 Å². The molecule has 2 N–H and O–H groups in total. The first kappa shape index (κ1) is 21.0. The van der Waals surface area contributed by atoms with Gasteiger partial charge in [-0.2, -0.15) is 0 Å². The van der Waals surface area contributed by atoms with Crippen LogP contribution < -0.4 is 10.0 Å². The molecule has 0 saturated carbocycles. The summed E-state index contributed by atoms with van der Waals surface area (Å²) >= 11 is 0. The van der Waals surface area contributed by atoms with Gasteiger partial charge in [-0.05, 0) is 68.5 Å². The van der Waals surface area contributed by atoms with Crippen molar-refractivity contribution >= 4 is 21.6 Å². The van der Waals surface area contributed by atoms with Crippen LogP contribution in [0, 0.1) is 26.7 Å². The number of sulfonamides is 1. The summed E-state index contributed by atoms with van der Waals surface area (Å²) in [4.78, 5) is 12.6. The number of aryl methyl sites for hydroxylation is 3. The molecule has 0 unspecified atom stereocenters. The molecule has 2 aromatic carbocycles. The molecule has 0 heterocycles. The fourth-order valence-electron chi connectivity index (χ4n) is 2.53. The molecular formula is C21H28N2O3S. The van der Waals surface area contributed by atoms with Gasteiger partial charge in [-0.25, -0.2) is 8.42 Å². The molecule has 0 aliphatic rings. The normalized spacial score (nSPS) is 12.7. The van der Waals surface area contributed by atoms with E-state index in [-0.39, 0.29) is 22.8 Å². The van der Waals surface area contributed by atoms with Gasteiger partial charge in [0.15, 0.2) is 0 Å². The minimum atomic E-state index is -3.81. The monoisotopic (exact) mass is 388 g/mol. The molecule has 27 heavy (non-hydrogen) atoms. The summed E-state index contributed by atoms with van der Waals surface area (Å²) < 4.78 is 28.5. The maximum atomic E-state index is 12.9. The van der Waals surface area contributed by atoms with Crippen LogP contribution in [0.25, 0.3) is 0 Å². The van der Waals surface area contributed by atoms with Gasteiger partial charge in [0.25, 0.3) is 15.9 Å². The van der Waals surface area contributed by atoms with Crippen molar-refractivity contribution in [3.8, 4) is 0 Å². The third-order valence-corrected chi connectivity index (χ3v) is 6.24. The van der Waals surface area contributed by atoms with Gasteiger partial charge in [0.2, 0.25) is 0 Å². The van der Waals surface area contributed by atoms with E-state index in [1.165, 1.54) is 6.07 Å². The van der Waals surface area contributed by atoms with Crippen LogP contribution >= 0.6 is 0 Å². The first-order chi connectivity index (χ1) is 12.5. The second-order valence-electron chi connectivity index (χ2n) is 7.41. The smallest absolute Gasteiger partial charge is 0.262 e. The van der Waals surface area contributed by atoms with E-state index in [1.54, 1.807) is 25.1 Å². The van der Waals surface area contributed by atoms with Gasteiger partial charge >= 0.3 is 0 Å². The highest BCUT2D eigenvalue weighted by Crippen LogP contribution is 2.24. The van der Waals surface area contributed by atoms with Crippen molar-refractivity contribution in [1.82, 2.24) is 5.32 Å². The molecule has 1 atom stereocenters. The molecule has 2 rings (SSSR count). The van der Waals surface area contributed by atoms with E-state index < -0.39 is 10.0 Å². The van der Waals surface area contributed by atoms with Crippen molar-refractivity contribution in [1.29, 1.82) is 0 Å². The zero-order chi connectivity index (χ0) is 20.4. The molecule has 0 fully saturated rings. The van der Waals surface area contributed by atoms with Crippen LogP contribution in [-0.4, -0.2) is 20.4 Å². The predicted molar refractivity (Wildman–Crippen MR) is 110 cm³/mol. The Kier molecular flexibility index (Phi) is 6.31. The van der Waals surface area contributed by atoms with Crippen LogP contribution in [0.1, 0.15) is 47.8 Å². The molecule has 5 nitrogen and oxygen atoms in total. The first-order valence-corrected chi connectivity index (χ1v) is 10.5. The Morgan fingerprint density at radius 3 is 2.19 bits per heavy atom. The van der Waals surface area contributed by atoms with Crippen LogP contribution in [0.15, 0.2) is 41.3 Å². The minimum absolute atomic E-state index is 0.00747. The lowest BCUT2D eigenvalue weighted by Gasteiger charge is -2.18. The highest BCUT2D eigenvalue weighted by molar-refractivity contribution is 7.92. The van der Waals surface area contributed by atoms with E-state index >= 15 is 0 Å². The third kappa shape index (κ3) is 5.10. The summed E-state index contributed by atoms with van der Waals surface area (Å²) in [6.45, 7) is 11.4. The Morgan fingerprint density at radius 2 is 1.56 bits per heavy atom. The van der Waals surface area contributed by atoms with E-state index in [4.69, 9.17) is 0 Å².